The van der Waals surface area contributed by atoms with E-state index in [9.17, 15) is 5.11 Å². The Bertz CT molecular complexity index is 9610. The van der Waals surface area contributed by atoms with Gasteiger partial charge in [0, 0.05) is 141 Å². The van der Waals surface area contributed by atoms with E-state index in [-0.39, 0.29) is 24.6 Å². The molecule has 0 saturated carbocycles. The third-order valence-corrected chi connectivity index (χ3v) is 30.9. The van der Waals surface area contributed by atoms with Gasteiger partial charge in [0.15, 0.2) is 12.0 Å². The number of benzene rings is 20. The van der Waals surface area contributed by atoms with Gasteiger partial charge in [-0.2, -0.15) is 0 Å². The van der Waals surface area contributed by atoms with Crippen LogP contribution in [0.4, 0.5) is 0 Å². The number of aromatic nitrogens is 7. The van der Waals surface area contributed by atoms with E-state index in [4.69, 9.17) is 9.97 Å². The Kier molecular flexibility index (Phi) is 19.7. The van der Waals surface area contributed by atoms with Gasteiger partial charge < -0.3 is 18.8 Å². The molecular weight excluding hydrogens is 1720 g/mol. The smallest absolute Gasteiger partial charge is 0.868 e. The van der Waals surface area contributed by atoms with Gasteiger partial charge in [-0.1, -0.05) is 285 Å². The molecule has 0 atom stereocenters. The van der Waals surface area contributed by atoms with E-state index >= 15 is 0 Å². The van der Waals surface area contributed by atoms with Crippen LogP contribution in [0.15, 0.2) is 461 Å². The molecule has 30 rings (SSSR count). The third-order valence-electron chi connectivity index (χ3n) is 27.4. The van der Waals surface area contributed by atoms with Gasteiger partial charge >= 0.3 is 18.9 Å². The molecule has 636 valence electrons. The number of para-hydroxylation sites is 9. The molecule has 10 heterocycles. The number of rotatable bonds is 7. The first-order valence-electron chi connectivity index (χ1n) is 45.9. The molecule has 0 saturated heterocycles. The van der Waals surface area contributed by atoms with Crippen molar-refractivity contribution in [2.75, 3.05) is 0 Å². The summed E-state index contributed by atoms with van der Waals surface area (Å²) in [6.45, 7) is 0. The van der Waals surface area contributed by atoms with Gasteiger partial charge in [0.2, 0.25) is 5.52 Å². The Balaban J connectivity index is 0.000000101. The SMILES string of the molecule is [Li+].[O-]c1cccc2ccc[nH+]c12.c1ccc2c(c1)c1ccccc1n2-c1ccc2sc3c(-n4c5ccccc5c5ccccc54)nccc3c2c1.c1ccc2c(c1)c1ccccc1n2-c1ccc2sc3ccc(-n4c5ccccc5c5ccccc54)cc3c2c1.c1ccc2cc(-c3c4ccccc4c(-c4ccc5ccccc5c4)c4cc(-c5nccc6c5sc5ccccc56)ccc34)ccc2c1. The van der Waals surface area contributed by atoms with Gasteiger partial charge in [-0.3, -0.25) is 9.55 Å². The predicted molar refractivity (Wildman–Crippen MR) is 577 cm³/mol. The first-order valence-corrected chi connectivity index (χ1v) is 48.4. The zero-order valence-electron chi connectivity index (χ0n) is 74.2. The van der Waals surface area contributed by atoms with E-state index < -0.39 is 0 Å². The summed E-state index contributed by atoms with van der Waals surface area (Å²) in [5.74, 6) is 1.03. The zero-order valence-corrected chi connectivity index (χ0v) is 76.6. The van der Waals surface area contributed by atoms with Gasteiger partial charge in [-0.25, -0.2) is 9.97 Å². The van der Waals surface area contributed by atoms with E-state index in [2.05, 4.69) is 436 Å². The Hall–Kier alpha value is -16.6. The second-order valence-electron chi connectivity index (χ2n) is 34.9. The fourth-order valence-electron chi connectivity index (χ4n) is 21.4. The fourth-order valence-corrected chi connectivity index (χ4v) is 24.8. The third kappa shape index (κ3) is 13.4. The molecule has 1 N–H and O–H groups in total. The van der Waals surface area contributed by atoms with E-state index in [0.29, 0.717) is 5.52 Å². The molecule has 137 heavy (non-hydrogen) atoms. The standard InChI is InChI=1S/C45H27NS.C36H22N2S.C35H21N3S.C9H7NO.Li/c1-3-11-30-25-32(19-17-28(30)9-1)42-36-14-5-6-15-37(36)43(33-20-18-29-10-2-4-12-31(29)26-33)40-27-34(21-22-38(40)42)44-45-39(23-24-46-44)35-13-7-8-16-41(35)47-45;1-5-13-31-25(9-1)26-10-2-6-14-32(26)37(31)23-17-19-35-29(21-23)30-22-24(18-20-36(30)39-35)38-33-15-7-3-11-27(33)28-12-4-8-16-34(28)38;1-5-13-29-23(9-1)24-10-2-6-14-30(24)37(29)22-17-18-33-28(21-22)27-19-20-36-35(34(27)39-33)38-31-15-7-3-11-25(31)26-12-4-8-16-32(26)38;11-8-5-1-3-7-4-2-6-10-9(7)8;/h1-27H;1-22H;1-21H;1-6,11H;/q;;;;+1. The van der Waals surface area contributed by atoms with E-state index in [1.807, 2.05) is 64.6 Å². The van der Waals surface area contributed by atoms with Crippen molar-refractivity contribution in [3.05, 3.63) is 461 Å². The maximum atomic E-state index is 11.1. The number of hydrogen-bond acceptors (Lipinski definition) is 6. The van der Waals surface area contributed by atoms with Crippen LogP contribution in [0.25, 0.3) is 258 Å². The quantitative estimate of drug-likeness (QED) is 0.118. The molecule has 0 aliphatic carbocycles. The summed E-state index contributed by atoms with van der Waals surface area (Å²) in [4.78, 5) is 12.9. The second-order valence-corrected chi connectivity index (χ2v) is 38.1. The van der Waals surface area contributed by atoms with Crippen LogP contribution < -0.4 is 29.0 Å². The van der Waals surface area contributed by atoms with Crippen LogP contribution in [0.5, 0.6) is 5.75 Å². The van der Waals surface area contributed by atoms with Crippen LogP contribution in [-0.4, -0.2) is 28.2 Å². The van der Waals surface area contributed by atoms with Gasteiger partial charge in [0.1, 0.15) is 0 Å². The molecule has 8 nitrogen and oxygen atoms in total. The summed E-state index contributed by atoms with van der Waals surface area (Å²) >= 11 is 5.53. The Morgan fingerprint density at radius 2 is 0.562 bits per heavy atom. The zero-order chi connectivity index (χ0) is 89.6. The maximum absolute atomic E-state index is 11.1. The number of pyridine rings is 3. The molecular formula is C125H77LiN7OS3+. The Morgan fingerprint density at radius 1 is 0.219 bits per heavy atom. The molecule has 20 aromatic carbocycles. The molecule has 12 heteroatoms. The number of H-pyrrole nitrogens is 1. The fraction of sp³-hybridized carbons (Fsp3) is 0. The van der Waals surface area contributed by atoms with Crippen molar-refractivity contribution in [1.29, 1.82) is 0 Å². The van der Waals surface area contributed by atoms with Gasteiger partial charge in [0.05, 0.1) is 59.2 Å². The summed E-state index contributed by atoms with van der Waals surface area (Å²) in [5, 5.41) is 40.0. The van der Waals surface area contributed by atoms with Crippen molar-refractivity contribution < 1.29 is 29.0 Å². The minimum Gasteiger partial charge on any atom is -0.868 e. The summed E-state index contributed by atoms with van der Waals surface area (Å²) in [7, 11) is 0. The number of nitrogens with one attached hydrogen (secondary N) is 1. The topological polar surface area (TPSA) is 82.7 Å². The van der Waals surface area contributed by atoms with Crippen LogP contribution in [0.3, 0.4) is 0 Å². The molecule has 0 amide bonds. The Labute approximate surface area is 809 Å². The van der Waals surface area contributed by atoms with Crippen LogP contribution in [-0.2, 0) is 0 Å². The van der Waals surface area contributed by atoms with Crippen LogP contribution >= 0.6 is 34.0 Å². The van der Waals surface area contributed by atoms with Crippen molar-refractivity contribution >= 4 is 236 Å². The molecule has 0 fully saturated rings. The van der Waals surface area contributed by atoms with Crippen molar-refractivity contribution in [3.8, 4) is 62.1 Å². The summed E-state index contributed by atoms with van der Waals surface area (Å²) < 4.78 is 17.2. The van der Waals surface area contributed by atoms with E-state index in [1.54, 1.807) is 18.3 Å². The number of aromatic amines is 1. The monoisotopic (exact) mass is 1790 g/mol. The minimum atomic E-state index is 0. The maximum Gasteiger partial charge on any atom is 1.00 e. The predicted octanol–water partition coefficient (Wildman–Crippen LogP) is 30.7. The normalized spacial score (nSPS) is 11.8. The van der Waals surface area contributed by atoms with Gasteiger partial charge in [-0.15, -0.1) is 34.0 Å². The molecule has 0 bridgehead atoms. The Morgan fingerprint density at radius 3 is 1.03 bits per heavy atom. The molecule has 0 aliphatic rings. The first-order chi connectivity index (χ1) is 67.4. The number of fused-ring (bicyclic) bond motifs is 26. The van der Waals surface area contributed by atoms with E-state index in [0.717, 1.165) is 22.5 Å². The van der Waals surface area contributed by atoms with Gasteiger partial charge in [0.25, 0.3) is 0 Å². The number of hydrogen-bond donors (Lipinski definition) is 0. The summed E-state index contributed by atoms with van der Waals surface area (Å²) in [6, 6.07) is 159. The molecule has 0 spiro atoms. The summed E-state index contributed by atoms with van der Waals surface area (Å²) in [6.07, 6.45) is 5.68. The molecule has 30 aromatic rings. The second kappa shape index (κ2) is 33.2. The van der Waals surface area contributed by atoms with Crippen LogP contribution in [0.1, 0.15) is 0 Å². The number of thiophene rings is 3. The first kappa shape index (κ1) is 81.2. The molecule has 0 unspecified atom stereocenters. The average Bonchev–Trinajstić information content (AvgIpc) is 1.58. The number of nitrogens with zero attached hydrogens (tertiary/aromatic N) is 6. The molecule has 10 aromatic heterocycles. The van der Waals surface area contributed by atoms with Gasteiger partial charge in [-0.05, 0) is 223 Å². The largest absolute Gasteiger partial charge is 1.00 e. The average molecular weight is 1800 g/mol. The van der Waals surface area contributed by atoms with Crippen molar-refractivity contribution in [3.63, 3.8) is 0 Å². The van der Waals surface area contributed by atoms with Crippen LogP contribution in [0.2, 0.25) is 0 Å². The summed E-state index contributed by atoms with van der Waals surface area (Å²) in [5.41, 5.74) is 21.2. The van der Waals surface area contributed by atoms with E-state index in [1.165, 1.54) is 230 Å². The van der Waals surface area contributed by atoms with Crippen molar-refractivity contribution in [1.82, 2.24) is 28.2 Å². The molecule has 0 radical (unpaired) electrons. The van der Waals surface area contributed by atoms with Crippen molar-refractivity contribution in [2.45, 2.75) is 0 Å². The minimum absolute atomic E-state index is 0. The molecule has 0 aliphatic heterocycles. The van der Waals surface area contributed by atoms with Crippen molar-refractivity contribution in [2.24, 2.45) is 0 Å². The van der Waals surface area contributed by atoms with Crippen LogP contribution in [0, 0.1) is 0 Å².